The van der Waals surface area contributed by atoms with E-state index in [-0.39, 0.29) is 0 Å². The van der Waals surface area contributed by atoms with Gasteiger partial charge in [0.1, 0.15) is 11.6 Å². The molecule has 25 heavy (non-hydrogen) atoms. The first-order chi connectivity index (χ1) is 11.8. The van der Waals surface area contributed by atoms with Gasteiger partial charge in [0.15, 0.2) is 0 Å². The minimum absolute atomic E-state index is 0.570. The van der Waals surface area contributed by atoms with Gasteiger partial charge in [-0.05, 0) is 24.5 Å². The summed E-state index contributed by atoms with van der Waals surface area (Å²) in [6.45, 7) is 9.06. The van der Waals surface area contributed by atoms with Gasteiger partial charge in [0, 0.05) is 59.6 Å². The van der Waals surface area contributed by atoms with Crippen molar-refractivity contribution in [1.82, 2.24) is 20.1 Å². The number of hydrogen-bond acceptors (Lipinski definition) is 5. The molecule has 2 aromatic heterocycles. The SMILES string of the molecule is Cc1nn(CC(C)C)c(N(C)C)c1CNCc1ccc(N(C)C)nc1. The molecular formula is C19H32N6. The van der Waals surface area contributed by atoms with E-state index in [4.69, 9.17) is 5.10 Å². The molecule has 0 aliphatic rings. The van der Waals surface area contributed by atoms with Crippen LogP contribution in [0.5, 0.6) is 0 Å². The Morgan fingerprint density at radius 3 is 2.32 bits per heavy atom. The first-order valence-electron chi connectivity index (χ1n) is 8.86. The second-order valence-electron chi connectivity index (χ2n) is 7.38. The van der Waals surface area contributed by atoms with Crippen LogP contribution in [-0.2, 0) is 19.6 Å². The lowest BCUT2D eigenvalue weighted by molar-refractivity contribution is 0.481. The van der Waals surface area contributed by atoms with Crippen molar-refractivity contribution >= 4 is 11.6 Å². The van der Waals surface area contributed by atoms with Crippen molar-refractivity contribution in [3.63, 3.8) is 0 Å². The molecule has 6 heteroatoms. The summed E-state index contributed by atoms with van der Waals surface area (Å²) < 4.78 is 2.13. The molecule has 0 aromatic carbocycles. The molecule has 0 radical (unpaired) electrons. The average Bonchev–Trinajstić information content (AvgIpc) is 2.82. The zero-order chi connectivity index (χ0) is 18.6. The fourth-order valence-electron chi connectivity index (χ4n) is 2.90. The van der Waals surface area contributed by atoms with E-state index in [1.165, 1.54) is 16.9 Å². The molecule has 2 heterocycles. The maximum Gasteiger partial charge on any atom is 0.131 e. The van der Waals surface area contributed by atoms with E-state index in [1.807, 2.05) is 31.3 Å². The first kappa shape index (κ1) is 19.2. The molecule has 2 rings (SSSR count). The third kappa shape index (κ3) is 4.95. The number of rotatable bonds is 8. The standard InChI is InChI=1S/C19H32N6/c1-14(2)13-25-19(24(6)7)17(15(3)22-25)12-20-10-16-8-9-18(21-11-16)23(4)5/h8-9,11,14,20H,10,12-13H2,1-7H3. The fraction of sp³-hybridized carbons (Fsp3) is 0.579. The number of aryl methyl sites for hydroxylation is 1. The molecule has 0 spiro atoms. The van der Waals surface area contributed by atoms with E-state index >= 15 is 0 Å². The van der Waals surface area contributed by atoms with Crippen LogP contribution in [0.3, 0.4) is 0 Å². The van der Waals surface area contributed by atoms with Gasteiger partial charge in [-0.15, -0.1) is 0 Å². The molecule has 6 nitrogen and oxygen atoms in total. The maximum atomic E-state index is 4.75. The highest BCUT2D eigenvalue weighted by molar-refractivity contribution is 5.49. The summed E-state index contributed by atoms with van der Waals surface area (Å²) in [5.41, 5.74) is 3.55. The van der Waals surface area contributed by atoms with Crippen LogP contribution in [0.25, 0.3) is 0 Å². The Morgan fingerprint density at radius 2 is 1.80 bits per heavy atom. The molecule has 0 saturated carbocycles. The van der Waals surface area contributed by atoms with Crippen molar-refractivity contribution in [3.8, 4) is 0 Å². The van der Waals surface area contributed by atoms with Crippen molar-refractivity contribution in [1.29, 1.82) is 0 Å². The summed E-state index contributed by atoms with van der Waals surface area (Å²) in [6, 6.07) is 4.17. The summed E-state index contributed by atoms with van der Waals surface area (Å²) >= 11 is 0. The Labute approximate surface area is 151 Å². The summed E-state index contributed by atoms with van der Waals surface area (Å²) in [4.78, 5) is 8.63. The van der Waals surface area contributed by atoms with Crippen molar-refractivity contribution in [2.45, 2.75) is 40.4 Å². The molecule has 138 valence electrons. The lowest BCUT2D eigenvalue weighted by Crippen LogP contribution is -2.20. The van der Waals surface area contributed by atoms with Crippen LogP contribution in [-0.4, -0.2) is 43.0 Å². The van der Waals surface area contributed by atoms with Crippen LogP contribution in [0.4, 0.5) is 11.6 Å². The number of pyridine rings is 1. The van der Waals surface area contributed by atoms with Crippen molar-refractivity contribution in [3.05, 3.63) is 35.2 Å². The number of aromatic nitrogens is 3. The molecule has 0 aliphatic carbocycles. The normalized spacial score (nSPS) is 11.2. The lowest BCUT2D eigenvalue weighted by atomic mass is 10.2. The van der Waals surface area contributed by atoms with Crippen molar-refractivity contribution in [2.24, 2.45) is 5.92 Å². The van der Waals surface area contributed by atoms with E-state index in [9.17, 15) is 0 Å². The Kier molecular flexibility index (Phi) is 6.42. The minimum Gasteiger partial charge on any atom is -0.363 e. The van der Waals surface area contributed by atoms with Crippen LogP contribution < -0.4 is 15.1 Å². The summed E-state index contributed by atoms with van der Waals surface area (Å²) in [7, 11) is 8.17. The molecule has 0 saturated heterocycles. The largest absolute Gasteiger partial charge is 0.363 e. The van der Waals surface area contributed by atoms with E-state index < -0.39 is 0 Å². The predicted octanol–water partition coefficient (Wildman–Crippen LogP) is 2.66. The second kappa shape index (κ2) is 8.34. The monoisotopic (exact) mass is 344 g/mol. The second-order valence-corrected chi connectivity index (χ2v) is 7.38. The van der Waals surface area contributed by atoms with Gasteiger partial charge in [0.2, 0.25) is 0 Å². The molecule has 1 N–H and O–H groups in total. The highest BCUT2D eigenvalue weighted by Crippen LogP contribution is 2.23. The quantitative estimate of drug-likeness (QED) is 0.798. The number of anilines is 2. The van der Waals surface area contributed by atoms with Crippen molar-refractivity contribution in [2.75, 3.05) is 38.0 Å². The van der Waals surface area contributed by atoms with Gasteiger partial charge >= 0.3 is 0 Å². The summed E-state index contributed by atoms with van der Waals surface area (Å²) in [5.74, 6) is 2.74. The Hall–Kier alpha value is -2.08. The van der Waals surface area contributed by atoms with Crippen LogP contribution in [0.15, 0.2) is 18.3 Å². The number of nitrogens with zero attached hydrogens (tertiary/aromatic N) is 5. The van der Waals surface area contributed by atoms with E-state index in [2.05, 4.69) is 60.8 Å². The van der Waals surface area contributed by atoms with Crippen molar-refractivity contribution < 1.29 is 0 Å². The van der Waals surface area contributed by atoms with Gasteiger partial charge in [0.25, 0.3) is 0 Å². The third-order valence-corrected chi connectivity index (χ3v) is 4.08. The molecule has 0 fully saturated rings. The summed E-state index contributed by atoms with van der Waals surface area (Å²) in [6.07, 6.45) is 1.93. The lowest BCUT2D eigenvalue weighted by Gasteiger charge is -2.18. The van der Waals surface area contributed by atoms with Gasteiger partial charge in [-0.25, -0.2) is 9.67 Å². The van der Waals surface area contributed by atoms with Gasteiger partial charge in [-0.2, -0.15) is 5.10 Å². The first-order valence-corrected chi connectivity index (χ1v) is 8.86. The van der Waals surface area contributed by atoms with Gasteiger partial charge in [-0.3, -0.25) is 0 Å². The van der Waals surface area contributed by atoms with Gasteiger partial charge in [-0.1, -0.05) is 19.9 Å². The molecule has 0 bridgehead atoms. The van der Waals surface area contributed by atoms with Crippen LogP contribution in [0, 0.1) is 12.8 Å². The number of hydrogen-bond donors (Lipinski definition) is 1. The zero-order valence-corrected chi connectivity index (χ0v) is 16.7. The van der Waals surface area contributed by atoms with Gasteiger partial charge in [0.05, 0.1) is 5.69 Å². The highest BCUT2D eigenvalue weighted by atomic mass is 15.4. The smallest absolute Gasteiger partial charge is 0.131 e. The zero-order valence-electron chi connectivity index (χ0n) is 16.7. The van der Waals surface area contributed by atoms with Crippen LogP contribution >= 0.6 is 0 Å². The van der Waals surface area contributed by atoms with E-state index in [0.29, 0.717) is 5.92 Å². The van der Waals surface area contributed by atoms with Crippen LogP contribution in [0.1, 0.15) is 30.7 Å². The average molecular weight is 345 g/mol. The van der Waals surface area contributed by atoms with E-state index in [1.54, 1.807) is 0 Å². The van der Waals surface area contributed by atoms with Gasteiger partial charge < -0.3 is 15.1 Å². The minimum atomic E-state index is 0.570. The molecule has 2 aromatic rings. The molecule has 0 aliphatic heterocycles. The highest BCUT2D eigenvalue weighted by Gasteiger charge is 2.17. The number of nitrogens with one attached hydrogen (secondary N) is 1. The Balaban J connectivity index is 2.06. The molecule has 0 atom stereocenters. The summed E-state index contributed by atoms with van der Waals surface area (Å²) in [5, 5.41) is 8.28. The molecular weight excluding hydrogens is 312 g/mol. The predicted molar refractivity (Wildman–Crippen MR) is 105 cm³/mol. The fourth-order valence-corrected chi connectivity index (χ4v) is 2.90. The van der Waals surface area contributed by atoms with Crippen LogP contribution in [0.2, 0.25) is 0 Å². The maximum absolute atomic E-state index is 4.75. The molecule has 0 unspecified atom stereocenters. The Bertz CT molecular complexity index is 670. The molecule has 0 amide bonds. The Morgan fingerprint density at radius 1 is 1.08 bits per heavy atom. The topological polar surface area (TPSA) is 49.2 Å². The third-order valence-electron chi connectivity index (χ3n) is 4.08. The van der Waals surface area contributed by atoms with E-state index in [0.717, 1.165) is 31.1 Å².